The molecule has 0 saturated heterocycles. The van der Waals surface area contributed by atoms with E-state index in [9.17, 15) is 0 Å². The molecule has 94 heavy (non-hydrogen) atoms. The van der Waals surface area contributed by atoms with E-state index in [0.717, 1.165) is 138 Å². The van der Waals surface area contributed by atoms with E-state index >= 15 is 0 Å². The van der Waals surface area contributed by atoms with Crippen LogP contribution in [0.5, 0.6) is 0 Å². The van der Waals surface area contributed by atoms with Crippen LogP contribution in [0, 0.1) is 0 Å². The van der Waals surface area contributed by atoms with Crippen molar-refractivity contribution in [2.45, 2.75) is 0 Å². The number of benzene rings is 12. The molecule has 19 aromatic rings. The number of hydrogen-bond donors (Lipinski definition) is 0. The Kier molecular flexibility index (Phi) is 12.0. The average molecular weight is 1200 g/mol. The largest absolute Gasteiger partial charge is 0.307 e. The molecule has 0 unspecified atom stereocenters. The SMILES string of the molecule is c1ccc(-c2nc(-c3ccccc3)nc(-c3cc(-c4cccc(-n5c6ccccc6c6ccc7c8ccc9c%10ccc%11c%12ccccc%12n(-c%12nc(-c%13ccccc%13)nc(-c%13ccccc%13)n%12)c%11c%10n(-c%10ccccc%10)c9c8n(-c8ccccc8)c7c65)c4)ccn3)n2)cc1. The molecule has 0 atom stereocenters. The number of pyridine rings is 1. The first kappa shape index (κ1) is 52.9. The molecule has 0 aliphatic carbocycles. The maximum absolute atomic E-state index is 5.43. The Hall–Kier alpha value is -13.0. The summed E-state index contributed by atoms with van der Waals surface area (Å²) in [6.45, 7) is 0. The Morgan fingerprint density at radius 2 is 0.521 bits per heavy atom. The Bertz CT molecular complexity index is 6080. The zero-order valence-electron chi connectivity index (χ0n) is 50.4. The molecule has 0 spiro atoms. The summed E-state index contributed by atoms with van der Waals surface area (Å²) in [6.07, 6.45) is 1.85. The van der Waals surface area contributed by atoms with E-state index in [4.69, 9.17) is 34.9 Å². The van der Waals surface area contributed by atoms with Crippen molar-refractivity contribution in [2.75, 3.05) is 0 Å². The topological polar surface area (TPSA) is 110 Å². The molecule has 11 heteroatoms. The smallest absolute Gasteiger partial charge is 0.238 e. The van der Waals surface area contributed by atoms with Crippen molar-refractivity contribution in [3.8, 4) is 91.2 Å². The van der Waals surface area contributed by atoms with E-state index in [1.54, 1.807) is 0 Å². The van der Waals surface area contributed by atoms with Crippen LogP contribution in [0.25, 0.3) is 178 Å². The molecule has 0 N–H and O–H groups in total. The minimum atomic E-state index is 0.495. The van der Waals surface area contributed by atoms with Crippen LogP contribution in [0.4, 0.5) is 0 Å². The Balaban J connectivity index is 0.883. The van der Waals surface area contributed by atoms with E-state index < -0.39 is 0 Å². The third kappa shape index (κ3) is 8.35. The zero-order chi connectivity index (χ0) is 61.8. The van der Waals surface area contributed by atoms with Crippen molar-refractivity contribution >= 4 is 87.2 Å². The highest BCUT2D eigenvalue weighted by molar-refractivity contribution is 6.31. The van der Waals surface area contributed by atoms with Gasteiger partial charge in [0, 0.05) is 88.6 Å². The molecule has 0 bridgehead atoms. The minimum absolute atomic E-state index is 0.495. The standard InChI is InChI=1S/C83H51N11/c1-7-24-52(25-8-1)78-85-79(53-26-9-2-10-27-53)88-82(87-78)69-51-57(48-49-84-69)56-32-23-37-60(50-56)91-70-40-21-19-38-61(70)63-42-44-65-66-46-47-67-68-45-43-64-62-39-20-22-41-71(62)94(83-89-80(54-28-11-3-12-29-54)86-81(90-83)55-30-13-4-14-31-55)77(64)76(68)93(59-35-17-6-18-36-59)75(67)74(66)92(73(65)72(63)91)58-33-15-5-16-34-58/h1-51H. The monoisotopic (exact) mass is 1200 g/mol. The summed E-state index contributed by atoms with van der Waals surface area (Å²) in [6, 6.07) is 107. The lowest BCUT2D eigenvalue weighted by Gasteiger charge is -2.15. The Morgan fingerprint density at radius 3 is 0.968 bits per heavy atom. The van der Waals surface area contributed by atoms with E-state index in [1.807, 2.05) is 103 Å². The number of nitrogens with zero attached hydrogens (tertiary/aromatic N) is 11. The molecular weight excluding hydrogens is 1150 g/mol. The quantitative estimate of drug-likeness (QED) is 0.134. The second-order valence-corrected chi connectivity index (χ2v) is 23.7. The van der Waals surface area contributed by atoms with Crippen LogP contribution in [-0.2, 0) is 0 Å². The van der Waals surface area contributed by atoms with Gasteiger partial charge in [-0.2, -0.15) is 9.97 Å². The van der Waals surface area contributed by atoms with Crippen LogP contribution in [0.1, 0.15) is 0 Å². The van der Waals surface area contributed by atoms with Gasteiger partial charge in [-0.15, -0.1) is 0 Å². The summed E-state index contributed by atoms with van der Waals surface area (Å²) >= 11 is 0. The fraction of sp³-hybridized carbons (Fsp3) is 0. The highest BCUT2D eigenvalue weighted by Crippen LogP contribution is 2.48. The van der Waals surface area contributed by atoms with Crippen molar-refractivity contribution in [3.05, 3.63) is 310 Å². The molecule has 11 nitrogen and oxygen atoms in total. The third-order valence-corrected chi connectivity index (χ3v) is 18.3. The number of fused-ring (bicyclic) bond motifs is 15. The van der Waals surface area contributed by atoms with Gasteiger partial charge in [0.15, 0.2) is 29.1 Å². The maximum atomic E-state index is 5.43. The predicted molar refractivity (Wildman–Crippen MR) is 381 cm³/mol. The lowest BCUT2D eigenvalue weighted by molar-refractivity contribution is 0.953. The summed E-state index contributed by atoms with van der Waals surface area (Å²) in [4.78, 5) is 36.0. The van der Waals surface area contributed by atoms with Crippen molar-refractivity contribution in [2.24, 2.45) is 0 Å². The third-order valence-electron chi connectivity index (χ3n) is 18.3. The second kappa shape index (κ2) is 21.3. The van der Waals surface area contributed by atoms with E-state index in [-0.39, 0.29) is 0 Å². The molecule has 7 aromatic heterocycles. The first-order chi connectivity index (χ1) is 46.6. The highest BCUT2D eigenvalue weighted by Gasteiger charge is 2.29. The van der Waals surface area contributed by atoms with Crippen molar-refractivity contribution in [3.63, 3.8) is 0 Å². The summed E-state index contributed by atoms with van der Waals surface area (Å²) in [5.74, 6) is 3.37. The molecule has 0 aliphatic heterocycles. The Labute approximate surface area is 538 Å². The van der Waals surface area contributed by atoms with Crippen LogP contribution in [-0.4, -0.2) is 53.2 Å². The predicted octanol–water partition coefficient (Wildman–Crippen LogP) is 19.8. The molecule has 19 rings (SSSR count). The second-order valence-electron chi connectivity index (χ2n) is 23.7. The summed E-state index contributed by atoms with van der Waals surface area (Å²) in [7, 11) is 0. The van der Waals surface area contributed by atoms with E-state index in [1.165, 1.54) is 0 Å². The number of rotatable bonds is 10. The van der Waals surface area contributed by atoms with Crippen LogP contribution in [0.3, 0.4) is 0 Å². The fourth-order valence-corrected chi connectivity index (χ4v) is 14.2. The van der Waals surface area contributed by atoms with Crippen molar-refractivity contribution in [1.82, 2.24) is 53.2 Å². The normalized spacial score (nSPS) is 11.8. The molecular formula is C83H51N11. The molecule has 0 aliphatic rings. The number of para-hydroxylation sites is 4. The van der Waals surface area contributed by atoms with E-state index in [2.05, 4.69) is 225 Å². The molecule has 0 saturated carbocycles. The number of hydrogen-bond acceptors (Lipinski definition) is 7. The minimum Gasteiger partial charge on any atom is -0.307 e. The lowest BCUT2D eigenvalue weighted by Crippen LogP contribution is -2.07. The maximum Gasteiger partial charge on any atom is 0.238 e. The first-order valence-electron chi connectivity index (χ1n) is 31.5. The van der Waals surface area contributed by atoms with Gasteiger partial charge in [0.1, 0.15) is 5.69 Å². The highest BCUT2D eigenvalue weighted by atomic mass is 15.2. The molecule has 0 fully saturated rings. The lowest BCUT2D eigenvalue weighted by atomic mass is 10.0. The van der Waals surface area contributed by atoms with Gasteiger partial charge in [-0.05, 0) is 71.8 Å². The first-order valence-corrected chi connectivity index (χ1v) is 31.5. The molecule has 0 radical (unpaired) electrons. The summed E-state index contributed by atoms with van der Waals surface area (Å²) in [5.41, 5.74) is 17.8. The summed E-state index contributed by atoms with van der Waals surface area (Å²) in [5, 5.41) is 8.95. The van der Waals surface area contributed by atoms with Gasteiger partial charge >= 0.3 is 0 Å². The molecule has 438 valence electrons. The van der Waals surface area contributed by atoms with Crippen molar-refractivity contribution in [1.29, 1.82) is 0 Å². The fourth-order valence-electron chi connectivity index (χ4n) is 14.2. The Morgan fingerprint density at radius 1 is 0.202 bits per heavy atom. The van der Waals surface area contributed by atoms with Crippen LogP contribution in [0.2, 0.25) is 0 Å². The zero-order valence-corrected chi connectivity index (χ0v) is 50.4. The van der Waals surface area contributed by atoms with Gasteiger partial charge in [-0.3, -0.25) is 9.55 Å². The van der Waals surface area contributed by atoms with Gasteiger partial charge in [0.2, 0.25) is 5.95 Å². The van der Waals surface area contributed by atoms with Gasteiger partial charge in [-0.1, -0.05) is 243 Å². The molecule has 7 heterocycles. The average Bonchev–Trinajstić information content (AvgIpc) is 1.52. The summed E-state index contributed by atoms with van der Waals surface area (Å²) < 4.78 is 9.77. The van der Waals surface area contributed by atoms with Crippen LogP contribution in [0.15, 0.2) is 310 Å². The molecule has 0 amide bonds. The van der Waals surface area contributed by atoms with Crippen LogP contribution < -0.4 is 0 Å². The van der Waals surface area contributed by atoms with Gasteiger partial charge < -0.3 is 13.7 Å². The number of aromatic nitrogens is 11. The van der Waals surface area contributed by atoms with Gasteiger partial charge in [0.25, 0.3) is 0 Å². The van der Waals surface area contributed by atoms with E-state index in [0.29, 0.717) is 40.8 Å². The van der Waals surface area contributed by atoms with Gasteiger partial charge in [0.05, 0.1) is 44.1 Å². The van der Waals surface area contributed by atoms with Crippen molar-refractivity contribution < 1.29 is 0 Å². The van der Waals surface area contributed by atoms with Crippen LogP contribution >= 0.6 is 0 Å². The molecule has 12 aromatic carbocycles. The van der Waals surface area contributed by atoms with Gasteiger partial charge in [-0.25, -0.2) is 19.9 Å².